The van der Waals surface area contributed by atoms with Crippen molar-refractivity contribution in [3.8, 4) is 0 Å². The Morgan fingerprint density at radius 1 is 1.58 bits per heavy atom. The Bertz CT molecular complexity index is 543. The number of ether oxygens (including phenoxy) is 1. The molecule has 2 heterocycles. The van der Waals surface area contributed by atoms with Crippen molar-refractivity contribution in [2.75, 3.05) is 20.2 Å². The Kier molecular flexibility index (Phi) is 4.50. The molecule has 1 atom stereocenters. The first-order chi connectivity index (χ1) is 9.00. The Hall–Kier alpha value is -0.630. The van der Waals surface area contributed by atoms with Gasteiger partial charge in [-0.2, -0.15) is 9.40 Å². The zero-order valence-electron chi connectivity index (χ0n) is 11.0. The van der Waals surface area contributed by atoms with Gasteiger partial charge in [0.1, 0.15) is 4.90 Å². The fraction of sp³-hybridized carbons (Fsp3) is 0.727. The lowest BCUT2D eigenvalue weighted by atomic mass is 10.1. The second kappa shape index (κ2) is 5.78. The molecule has 0 radical (unpaired) electrons. The molecule has 0 bridgehead atoms. The number of halogens is 1. The lowest BCUT2D eigenvalue weighted by Gasteiger charge is -2.31. The predicted molar refractivity (Wildman–Crippen MR) is 71.7 cm³/mol. The fourth-order valence-corrected chi connectivity index (χ4v) is 4.46. The summed E-state index contributed by atoms with van der Waals surface area (Å²) in [5, 5.41) is 6.63. The minimum absolute atomic E-state index is 0.0461. The molecule has 1 fully saturated rings. The van der Waals surface area contributed by atoms with Gasteiger partial charge in [0.2, 0.25) is 10.0 Å². The molecule has 1 saturated heterocycles. The van der Waals surface area contributed by atoms with Crippen molar-refractivity contribution in [2.24, 2.45) is 0 Å². The maximum Gasteiger partial charge on any atom is 0.246 e. The van der Waals surface area contributed by atoms with Gasteiger partial charge in [0.25, 0.3) is 0 Å². The minimum atomic E-state index is -3.56. The molecule has 0 aliphatic carbocycles. The van der Waals surface area contributed by atoms with E-state index in [4.69, 9.17) is 16.3 Å². The van der Waals surface area contributed by atoms with E-state index in [-0.39, 0.29) is 16.9 Å². The van der Waals surface area contributed by atoms with Crippen molar-refractivity contribution in [2.45, 2.75) is 36.6 Å². The standard InChI is InChI=1S/C11H18ClN3O3S/c1-8-11(10(6-12)14-13-8)19(16,17)15-5-3-4-9(7-15)18-2/h9H,3-7H2,1-2H3,(H,13,14). The Morgan fingerprint density at radius 3 is 2.95 bits per heavy atom. The van der Waals surface area contributed by atoms with Crippen LogP contribution in [0.2, 0.25) is 0 Å². The molecule has 1 N–H and O–H groups in total. The number of hydrogen-bond acceptors (Lipinski definition) is 4. The molecule has 2 rings (SSSR count). The largest absolute Gasteiger partial charge is 0.380 e. The summed E-state index contributed by atoms with van der Waals surface area (Å²) in [6, 6.07) is 0. The average Bonchev–Trinajstić information content (AvgIpc) is 2.80. The van der Waals surface area contributed by atoms with Crippen LogP contribution in [-0.4, -0.2) is 49.2 Å². The Morgan fingerprint density at radius 2 is 2.32 bits per heavy atom. The zero-order chi connectivity index (χ0) is 14.0. The van der Waals surface area contributed by atoms with E-state index in [1.54, 1.807) is 14.0 Å². The SMILES string of the molecule is COC1CCCN(S(=O)(=O)c2c(CCl)n[nH]c2C)C1. The van der Waals surface area contributed by atoms with Gasteiger partial charge in [0, 0.05) is 20.2 Å². The van der Waals surface area contributed by atoms with Crippen molar-refractivity contribution in [3.63, 3.8) is 0 Å². The summed E-state index contributed by atoms with van der Waals surface area (Å²) in [5.74, 6) is 0.0699. The lowest BCUT2D eigenvalue weighted by Crippen LogP contribution is -2.43. The third-order valence-electron chi connectivity index (χ3n) is 3.36. The molecule has 108 valence electrons. The molecule has 19 heavy (non-hydrogen) atoms. The van der Waals surface area contributed by atoms with Crippen LogP contribution in [0.15, 0.2) is 4.90 Å². The van der Waals surface area contributed by atoms with E-state index in [0.29, 0.717) is 24.5 Å². The van der Waals surface area contributed by atoms with Crippen molar-refractivity contribution < 1.29 is 13.2 Å². The number of hydrogen-bond donors (Lipinski definition) is 1. The molecule has 6 nitrogen and oxygen atoms in total. The predicted octanol–water partition coefficient (Wildman–Crippen LogP) is 1.26. The fourth-order valence-electron chi connectivity index (χ4n) is 2.35. The number of aryl methyl sites for hydroxylation is 1. The smallest absolute Gasteiger partial charge is 0.246 e. The number of alkyl halides is 1. The molecule has 1 aromatic rings. The van der Waals surface area contributed by atoms with Gasteiger partial charge in [0.05, 0.1) is 23.4 Å². The molecule has 8 heteroatoms. The topological polar surface area (TPSA) is 75.3 Å². The van der Waals surface area contributed by atoms with Crippen LogP contribution < -0.4 is 0 Å². The van der Waals surface area contributed by atoms with Crippen LogP contribution in [0, 0.1) is 6.92 Å². The first-order valence-corrected chi connectivity index (χ1v) is 8.11. The first-order valence-electron chi connectivity index (χ1n) is 6.13. The van der Waals surface area contributed by atoms with Gasteiger partial charge in [-0.1, -0.05) is 0 Å². The summed E-state index contributed by atoms with van der Waals surface area (Å²) in [6.07, 6.45) is 1.63. The summed E-state index contributed by atoms with van der Waals surface area (Å²) in [5.41, 5.74) is 0.897. The van der Waals surface area contributed by atoms with E-state index >= 15 is 0 Å². The number of rotatable bonds is 4. The monoisotopic (exact) mass is 307 g/mol. The van der Waals surface area contributed by atoms with Gasteiger partial charge in [-0.3, -0.25) is 5.10 Å². The Balaban J connectivity index is 2.34. The van der Waals surface area contributed by atoms with Crippen LogP contribution in [0.1, 0.15) is 24.2 Å². The van der Waals surface area contributed by atoms with Gasteiger partial charge >= 0.3 is 0 Å². The van der Waals surface area contributed by atoms with E-state index < -0.39 is 10.0 Å². The number of sulfonamides is 1. The summed E-state index contributed by atoms with van der Waals surface area (Å²) in [7, 11) is -1.95. The molecule has 0 saturated carbocycles. The third kappa shape index (κ3) is 2.79. The second-order valence-electron chi connectivity index (χ2n) is 4.62. The molecule has 0 aromatic carbocycles. The number of nitrogens with one attached hydrogen (secondary N) is 1. The number of H-pyrrole nitrogens is 1. The molecule has 0 amide bonds. The molecular weight excluding hydrogens is 290 g/mol. The summed E-state index contributed by atoms with van der Waals surface area (Å²) >= 11 is 5.76. The van der Waals surface area contributed by atoms with Gasteiger partial charge in [-0.25, -0.2) is 8.42 Å². The van der Waals surface area contributed by atoms with Crippen molar-refractivity contribution in [1.82, 2.24) is 14.5 Å². The molecule has 0 spiro atoms. The average molecular weight is 308 g/mol. The first kappa shape index (κ1) is 14.8. The number of aromatic nitrogens is 2. The normalized spacial score (nSPS) is 21.7. The van der Waals surface area contributed by atoms with Crippen LogP contribution in [0.5, 0.6) is 0 Å². The van der Waals surface area contributed by atoms with Crippen LogP contribution in [0.3, 0.4) is 0 Å². The van der Waals surface area contributed by atoms with Gasteiger partial charge in [-0.05, 0) is 19.8 Å². The number of methoxy groups -OCH3 is 1. The summed E-state index contributed by atoms with van der Waals surface area (Å²) < 4.78 is 32.0. The number of nitrogens with zero attached hydrogens (tertiary/aromatic N) is 2. The lowest BCUT2D eigenvalue weighted by molar-refractivity contribution is 0.0571. The Labute approximate surface area is 118 Å². The highest BCUT2D eigenvalue weighted by molar-refractivity contribution is 7.89. The summed E-state index contributed by atoms with van der Waals surface area (Å²) in [4.78, 5) is 0.208. The zero-order valence-corrected chi connectivity index (χ0v) is 12.6. The number of aromatic amines is 1. The van der Waals surface area contributed by atoms with Crippen LogP contribution in [-0.2, 0) is 20.6 Å². The van der Waals surface area contributed by atoms with E-state index in [1.807, 2.05) is 0 Å². The highest BCUT2D eigenvalue weighted by Gasteiger charge is 2.34. The van der Waals surface area contributed by atoms with E-state index in [9.17, 15) is 8.42 Å². The highest BCUT2D eigenvalue weighted by Crippen LogP contribution is 2.26. The highest BCUT2D eigenvalue weighted by atomic mass is 35.5. The summed E-state index contributed by atoms with van der Waals surface area (Å²) in [6.45, 7) is 2.58. The second-order valence-corrected chi connectivity index (χ2v) is 6.76. The van der Waals surface area contributed by atoms with Gasteiger partial charge in [0.15, 0.2) is 0 Å². The van der Waals surface area contributed by atoms with E-state index in [0.717, 1.165) is 12.8 Å². The van der Waals surface area contributed by atoms with Crippen molar-refractivity contribution in [3.05, 3.63) is 11.4 Å². The maximum absolute atomic E-state index is 12.7. The van der Waals surface area contributed by atoms with Gasteiger partial charge < -0.3 is 4.74 Å². The molecule has 1 aliphatic heterocycles. The van der Waals surface area contributed by atoms with Crippen molar-refractivity contribution in [1.29, 1.82) is 0 Å². The van der Waals surface area contributed by atoms with Crippen molar-refractivity contribution >= 4 is 21.6 Å². The molecule has 1 unspecified atom stereocenters. The van der Waals surface area contributed by atoms with E-state index in [2.05, 4.69) is 10.2 Å². The molecule has 1 aromatic heterocycles. The van der Waals surface area contributed by atoms with Gasteiger partial charge in [-0.15, -0.1) is 11.6 Å². The maximum atomic E-state index is 12.7. The molecule has 1 aliphatic rings. The quantitative estimate of drug-likeness (QED) is 0.850. The van der Waals surface area contributed by atoms with E-state index in [1.165, 1.54) is 4.31 Å². The minimum Gasteiger partial charge on any atom is -0.380 e. The van der Waals surface area contributed by atoms with Crippen LogP contribution >= 0.6 is 11.6 Å². The van der Waals surface area contributed by atoms with Crippen LogP contribution in [0.25, 0.3) is 0 Å². The third-order valence-corrected chi connectivity index (χ3v) is 5.68. The van der Waals surface area contributed by atoms with Crippen LogP contribution in [0.4, 0.5) is 0 Å². The molecular formula is C11H18ClN3O3S. The number of piperidine rings is 1.